The predicted molar refractivity (Wildman–Crippen MR) is 116 cm³/mol. The van der Waals surface area contributed by atoms with Crippen LogP contribution in [0.25, 0.3) is 0 Å². The van der Waals surface area contributed by atoms with Gasteiger partial charge in [-0.25, -0.2) is 17.9 Å². The van der Waals surface area contributed by atoms with E-state index >= 15 is 0 Å². The van der Waals surface area contributed by atoms with Crippen LogP contribution in [0.5, 0.6) is 11.5 Å². The molecular weight excluding hydrogens is 516 g/mol. The third-order valence-electron chi connectivity index (χ3n) is 4.85. The van der Waals surface area contributed by atoms with Crippen LogP contribution in [0.15, 0.2) is 26.9 Å². The number of nitrogens with one attached hydrogen (secondary N) is 1. The van der Waals surface area contributed by atoms with Gasteiger partial charge in [-0.2, -0.15) is 0 Å². The second-order valence-electron chi connectivity index (χ2n) is 7.14. The van der Waals surface area contributed by atoms with Crippen LogP contribution < -0.4 is 14.2 Å². The normalized spacial score (nSPS) is 14.3. The van der Waals surface area contributed by atoms with Crippen molar-refractivity contribution < 1.29 is 47.3 Å². The second-order valence-corrected chi connectivity index (χ2v) is 10.1. The molecule has 15 heteroatoms. The van der Waals surface area contributed by atoms with Gasteiger partial charge in [-0.1, -0.05) is 16.8 Å². The van der Waals surface area contributed by atoms with Crippen LogP contribution in [0.4, 0.5) is 5.88 Å². The number of fused-ring (bicyclic) bond motifs is 1. The van der Waals surface area contributed by atoms with Crippen LogP contribution in [0.1, 0.15) is 36.9 Å². The molecule has 1 aliphatic rings. The maximum Gasteiger partial charge on any atom is 0.505 e. The minimum absolute atomic E-state index is 0.0174. The number of aryl methyl sites for hydroxylation is 1. The predicted octanol–water partition coefficient (Wildman–Crippen LogP) is 2.30. The van der Waals surface area contributed by atoms with Crippen LogP contribution in [0.3, 0.4) is 0 Å². The number of anilines is 1. The van der Waals surface area contributed by atoms with E-state index in [0.29, 0.717) is 0 Å². The lowest BCUT2D eigenvalue weighted by atomic mass is 9.95. The highest BCUT2D eigenvalue weighted by Crippen LogP contribution is 2.43. The first-order valence-corrected chi connectivity index (χ1v) is 12.0. The van der Waals surface area contributed by atoms with Gasteiger partial charge in [0.1, 0.15) is 15.6 Å². The minimum atomic E-state index is -4.31. The summed E-state index contributed by atoms with van der Waals surface area (Å²) in [5.74, 6) is -2.84. The van der Waals surface area contributed by atoms with E-state index in [9.17, 15) is 33.3 Å². The molecule has 0 atom stereocenters. The number of sulfonamides is 1. The van der Waals surface area contributed by atoms with Crippen LogP contribution in [-0.2, 0) is 16.4 Å². The van der Waals surface area contributed by atoms with Crippen molar-refractivity contribution in [2.75, 3.05) is 4.72 Å². The molecule has 0 spiro atoms. The summed E-state index contributed by atoms with van der Waals surface area (Å²) in [6.45, 7) is 2.91. The Kier molecular flexibility index (Phi) is 5.81. The molecule has 4 rings (SSSR count). The summed E-state index contributed by atoms with van der Waals surface area (Å²) in [6.07, 6.45) is -3.52. The number of rotatable bonds is 7. The van der Waals surface area contributed by atoms with Gasteiger partial charge in [-0.05, 0) is 42.5 Å². The molecule has 0 aliphatic carbocycles. The van der Waals surface area contributed by atoms with Crippen molar-refractivity contribution in [1.82, 2.24) is 5.16 Å². The number of aromatic carboxylic acids is 1. The average molecular weight is 531 g/mol. The van der Waals surface area contributed by atoms with Crippen molar-refractivity contribution in [2.24, 2.45) is 0 Å². The first-order valence-electron chi connectivity index (χ1n) is 9.28. The molecule has 0 bridgehead atoms. The van der Waals surface area contributed by atoms with E-state index in [4.69, 9.17) is 25.6 Å². The van der Waals surface area contributed by atoms with E-state index in [0.717, 1.165) is 17.4 Å². The standard InChI is InChI=1S/C19H15ClN2O10S2/c1-7-9(10(18(24)25)6-12-15(7)31-19(26,27)30-12)5-11(23)16-13(3-4-33-16)34(28,29)22-17-14(20)8(2)21-32-17/h3-4,6,22,26-27H,5H2,1-2H3,(H,24,25). The van der Waals surface area contributed by atoms with Crippen LogP contribution in [0.2, 0.25) is 5.02 Å². The summed E-state index contributed by atoms with van der Waals surface area (Å²) < 4.78 is 42.4. The van der Waals surface area contributed by atoms with Gasteiger partial charge in [0.2, 0.25) is 0 Å². The fourth-order valence-electron chi connectivity index (χ4n) is 3.28. The van der Waals surface area contributed by atoms with E-state index in [2.05, 4.69) is 9.88 Å². The molecule has 1 aromatic carbocycles. The van der Waals surface area contributed by atoms with Gasteiger partial charge in [0.05, 0.1) is 10.4 Å². The Labute approximate surface area is 200 Å². The first-order chi connectivity index (χ1) is 15.8. The topological polar surface area (TPSA) is 185 Å². The summed E-state index contributed by atoms with van der Waals surface area (Å²) in [5, 5.41) is 33.6. The first kappa shape index (κ1) is 24.0. The Bertz CT molecular complexity index is 1440. The number of aromatic nitrogens is 1. The zero-order chi connectivity index (χ0) is 25.0. The SMILES string of the molecule is Cc1noc(NS(=O)(=O)c2ccsc2C(=O)Cc2c(C(=O)O)cc3c(c2C)OC(O)(O)O3)c1Cl. The van der Waals surface area contributed by atoms with E-state index in [-0.39, 0.29) is 54.6 Å². The number of carboxylic acids is 1. The van der Waals surface area contributed by atoms with E-state index in [1.54, 1.807) is 0 Å². The zero-order valence-electron chi connectivity index (χ0n) is 17.3. The van der Waals surface area contributed by atoms with Crippen molar-refractivity contribution in [3.8, 4) is 11.5 Å². The van der Waals surface area contributed by atoms with Crippen molar-refractivity contribution in [3.05, 3.63) is 49.8 Å². The van der Waals surface area contributed by atoms with Gasteiger partial charge in [0, 0.05) is 6.42 Å². The zero-order valence-corrected chi connectivity index (χ0v) is 19.7. The molecule has 0 saturated heterocycles. The second kappa shape index (κ2) is 8.25. The van der Waals surface area contributed by atoms with Crippen molar-refractivity contribution in [3.63, 3.8) is 0 Å². The highest BCUT2D eigenvalue weighted by Gasteiger charge is 2.41. The number of ether oxygens (including phenoxy) is 2. The van der Waals surface area contributed by atoms with Gasteiger partial charge in [0.25, 0.3) is 15.9 Å². The number of thiophene rings is 1. The monoisotopic (exact) mass is 530 g/mol. The lowest BCUT2D eigenvalue weighted by Crippen LogP contribution is -2.37. The molecule has 1 aliphatic heterocycles. The number of carbonyl (C=O) groups excluding carboxylic acids is 1. The third kappa shape index (κ3) is 4.21. The third-order valence-corrected chi connectivity index (χ3v) is 7.76. The summed E-state index contributed by atoms with van der Waals surface area (Å²) >= 11 is 6.79. The molecule has 0 radical (unpaired) electrons. The highest BCUT2D eigenvalue weighted by atomic mass is 35.5. The number of nitrogens with zero attached hydrogens (tertiary/aromatic N) is 1. The largest absolute Gasteiger partial charge is 0.505 e. The summed E-state index contributed by atoms with van der Waals surface area (Å²) in [5.41, 5.74) is -0.00320. The molecule has 180 valence electrons. The lowest BCUT2D eigenvalue weighted by molar-refractivity contribution is -0.385. The Hall–Kier alpha value is -3.17. The number of hydrogen-bond acceptors (Lipinski definition) is 11. The molecular formula is C19H15ClN2O10S2. The number of ketones is 1. The number of aliphatic hydroxyl groups is 2. The fourth-order valence-corrected chi connectivity index (χ4v) is 5.84. The number of halogens is 1. The lowest BCUT2D eigenvalue weighted by Gasteiger charge is -2.13. The summed E-state index contributed by atoms with van der Waals surface area (Å²) in [6, 6.07) is 2.19. The smallest absolute Gasteiger partial charge is 0.478 e. The number of carbonyl (C=O) groups is 2. The molecule has 3 aromatic rings. The molecule has 0 saturated carbocycles. The summed E-state index contributed by atoms with van der Waals surface area (Å²) in [7, 11) is -4.31. The van der Waals surface area contributed by atoms with Crippen molar-refractivity contribution in [1.29, 1.82) is 0 Å². The number of hydrogen-bond donors (Lipinski definition) is 4. The maximum absolute atomic E-state index is 13.1. The van der Waals surface area contributed by atoms with Crippen molar-refractivity contribution in [2.45, 2.75) is 31.3 Å². The van der Waals surface area contributed by atoms with Crippen LogP contribution in [0, 0.1) is 13.8 Å². The molecule has 0 fully saturated rings. The van der Waals surface area contributed by atoms with Crippen molar-refractivity contribution >= 4 is 50.6 Å². The van der Waals surface area contributed by atoms with Gasteiger partial charge in [-0.3, -0.25) is 15.0 Å². The van der Waals surface area contributed by atoms with E-state index in [1.165, 1.54) is 25.3 Å². The Morgan fingerprint density at radius 2 is 1.97 bits per heavy atom. The van der Waals surface area contributed by atoms with Crippen LogP contribution in [-0.4, -0.2) is 46.8 Å². The Balaban J connectivity index is 1.69. The molecule has 12 nitrogen and oxygen atoms in total. The average Bonchev–Trinajstić information content (AvgIpc) is 3.43. The highest BCUT2D eigenvalue weighted by molar-refractivity contribution is 7.93. The molecule has 0 amide bonds. The van der Waals surface area contributed by atoms with Crippen LogP contribution >= 0.6 is 22.9 Å². The van der Waals surface area contributed by atoms with E-state index in [1.807, 2.05) is 0 Å². The van der Waals surface area contributed by atoms with Gasteiger partial charge in [-0.15, -0.1) is 11.3 Å². The fraction of sp³-hybridized carbons (Fsp3) is 0.211. The number of carboxylic acid groups (broad SMARTS) is 1. The van der Waals surface area contributed by atoms with E-state index < -0.39 is 34.4 Å². The number of benzene rings is 1. The van der Waals surface area contributed by atoms with Gasteiger partial charge in [0.15, 0.2) is 17.3 Å². The molecule has 0 unspecified atom stereocenters. The quantitative estimate of drug-likeness (QED) is 0.259. The summed E-state index contributed by atoms with van der Waals surface area (Å²) in [4.78, 5) is 24.4. The minimum Gasteiger partial charge on any atom is -0.478 e. The maximum atomic E-state index is 13.1. The molecule has 4 N–H and O–H groups in total. The van der Waals surface area contributed by atoms with Gasteiger partial charge >= 0.3 is 12.1 Å². The Morgan fingerprint density at radius 3 is 2.59 bits per heavy atom. The molecule has 3 heterocycles. The molecule has 2 aromatic heterocycles. The number of Topliss-reactive ketones (excluding diaryl/α,β-unsaturated/α-hetero) is 1. The Morgan fingerprint density at radius 1 is 1.26 bits per heavy atom. The molecule has 34 heavy (non-hydrogen) atoms. The van der Waals surface area contributed by atoms with Gasteiger partial charge < -0.3 is 19.1 Å².